The molecule has 2 nitrogen and oxygen atoms in total. The molecule has 0 radical (unpaired) electrons. The van der Waals surface area contributed by atoms with Gasteiger partial charge in [-0.3, -0.25) is 4.90 Å². The zero-order valence-electron chi connectivity index (χ0n) is 14.1. The third-order valence-corrected chi connectivity index (χ3v) is 5.43. The maximum atomic E-state index is 6.10. The number of halogens is 2. The van der Waals surface area contributed by atoms with E-state index >= 15 is 0 Å². The summed E-state index contributed by atoms with van der Waals surface area (Å²) in [6.45, 7) is 6.26. The van der Waals surface area contributed by atoms with Crippen molar-refractivity contribution in [2.24, 2.45) is 0 Å². The van der Waals surface area contributed by atoms with Crippen molar-refractivity contribution in [1.82, 2.24) is 10.2 Å². The number of likely N-dealkylation sites (tertiary alicyclic amines) is 1. The van der Waals surface area contributed by atoms with Crippen molar-refractivity contribution in [3.8, 4) is 0 Å². The highest BCUT2D eigenvalue weighted by Crippen LogP contribution is 2.24. The van der Waals surface area contributed by atoms with E-state index in [1.807, 2.05) is 12.1 Å². The lowest BCUT2D eigenvalue weighted by Gasteiger charge is -2.32. The van der Waals surface area contributed by atoms with Crippen LogP contribution in [0, 0.1) is 6.92 Å². The number of hydrogen-bond donors (Lipinski definition) is 1. The van der Waals surface area contributed by atoms with Crippen molar-refractivity contribution in [1.29, 1.82) is 0 Å². The van der Waals surface area contributed by atoms with Crippen molar-refractivity contribution < 1.29 is 0 Å². The first kappa shape index (κ1) is 17.8. The van der Waals surface area contributed by atoms with Gasteiger partial charge < -0.3 is 5.32 Å². The number of rotatable bonds is 5. The summed E-state index contributed by atoms with van der Waals surface area (Å²) in [4.78, 5) is 2.49. The molecular formula is C20H24Cl2N2. The minimum Gasteiger partial charge on any atom is -0.310 e. The molecule has 4 heteroatoms. The molecule has 0 amide bonds. The van der Waals surface area contributed by atoms with Gasteiger partial charge >= 0.3 is 0 Å². The van der Waals surface area contributed by atoms with Crippen LogP contribution >= 0.6 is 23.2 Å². The maximum Gasteiger partial charge on any atom is 0.0595 e. The van der Waals surface area contributed by atoms with E-state index < -0.39 is 0 Å². The van der Waals surface area contributed by atoms with Crippen molar-refractivity contribution in [3.63, 3.8) is 0 Å². The molecule has 128 valence electrons. The summed E-state index contributed by atoms with van der Waals surface area (Å²) >= 11 is 12.1. The number of hydrogen-bond acceptors (Lipinski definition) is 2. The first-order valence-corrected chi connectivity index (χ1v) is 9.31. The summed E-state index contributed by atoms with van der Waals surface area (Å²) in [5.41, 5.74) is 3.91. The van der Waals surface area contributed by atoms with Crippen LogP contribution in [-0.2, 0) is 13.1 Å². The smallest absolute Gasteiger partial charge is 0.0595 e. The number of nitrogens with one attached hydrogen (secondary N) is 1. The SMILES string of the molecule is Cc1ccc(CNC2CCN(Cc3ccc(Cl)c(Cl)c3)CC2)cc1. The van der Waals surface area contributed by atoms with Gasteiger partial charge in [0.05, 0.1) is 10.0 Å². The normalized spacial score (nSPS) is 16.5. The molecule has 1 N–H and O–H groups in total. The van der Waals surface area contributed by atoms with Gasteiger partial charge in [-0.15, -0.1) is 0 Å². The van der Waals surface area contributed by atoms with Gasteiger partial charge in [0.1, 0.15) is 0 Å². The summed E-state index contributed by atoms with van der Waals surface area (Å²) < 4.78 is 0. The number of nitrogens with zero attached hydrogens (tertiary/aromatic N) is 1. The zero-order valence-corrected chi connectivity index (χ0v) is 15.6. The summed E-state index contributed by atoms with van der Waals surface area (Å²) in [7, 11) is 0. The molecule has 0 bridgehead atoms. The minimum atomic E-state index is 0.608. The largest absolute Gasteiger partial charge is 0.310 e. The zero-order chi connectivity index (χ0) is 16.9. The third-order valence-electron chi connectivity index (χ3n) is 4.69. The van der Waals surface area contributed by atoms with Crippen LogP contribution < -0.4 is 5.32 Å². The Morgan fingerprint density at radius 1 is 0.958 bits per heavy atom. The van der Waals surface area contributed by atoms with Gasteiger partial charge in [-0.25, -0.2) is 0 Å². The Balaban J connectivity index is 1.43. The summed E-state index contributed by atoms with van der Waals surface area (Å²) in [5, 5.41) is 4.96. The van der Waals surface area contributed by atoms with Crippen LogP contribution in [-0.4, -0.2) is 24.0 Å². The molecule has 1 heterocycles. The molecule has 2 aromatic carbocycles. The van der Waals surface area contributed by atoms with Crippen molar-refractivity contribution in [3.05, 3.63) is 69.2 Å². The number of aryl methyl sites for hydroxylation is 1. The lowest BCUT2D eigenvalue weighted by molar-refractivity contribution is 0.190. The van der Waals surface area contributed by atoms with Crippen LogP contribution in [0.4, 0.5) is 0 Å². The third kappa shape index (κ3) is 4.97. The predicted molar refractivity (Wildman–Crippen MR) is 103 cm³/mol. The molecule has 2 aromatic rings. The highest BCUT2D eigenvalue weighted by molar-refractivity contribution is 6.42. The van der Waals surface area contributed by atoms with E-state index in [9.17, 15) is 0 Å². The van der Waals surface area contributed by atoms with Gasteiger partial charge in [0, 0.05) is 19.1 Å². The molecule has 0 aromatic heterocycles. The summed E-state index contributed by atoms with van der Waals surface area (Å²) in [5.74, 6) is 0. The van der Waals surface area contributed by atoms with Gasteiger partial charge in [-0.1, -0.05) is 59.1 Å². The van der Waals surface area contributed by atoms with Crippen molar-refractivity contribution >= 4 is 23.2 Å². The first-order chi connectivity index (χ1) is 11.6. The fourth-order valence-electron chi connectivity index (χ4n) is 3.16. The molecule has 1 saturated heterocycles. The van der Waals surface area contributed by atoms with Gasteiger partial charge in [-0.2, -0.15) is 0 Å². The lowest BCUT2D eigenvalue weighted by atomic mass is 10.0. The molecule has 1 aliphatic rings. The first-order valence-electron chi connectivity index (χ1n) is 8.55. The molecule has 0 atom stereocenters. The molecular weight excluding hydrogens is 339 g/mol. The Kier molecular flexibility index (Phi) is 6.18. The summed E-state index contributed by atoms with van der Waals surface area (Å²) in [6, 6.07) is 15.3. The van der Waals surface area contributed by atoms with Crippen LogP contribution in [0.5, 0.6) is 0 Å². The van der Waals surface area contributed by atoms with Crippen LogP contribution in [0.25, 0.3) is 0 Å². The minimum absolute atomic E-state index is 0.608. The molecule has 0 unspecified atom stereocenters. The van der Waals surface area contributed by atoms with Gasteiger partial charge in [0.15, 0.2) is 0 Å². The fourth-order valence-corrected chi connectivity index (χ4v) is 3.48. The predicted octanol–water partition coefficient (Wildman–Crippen LogP) is 5.06. The number of benzene rings is 2. The average Bonchev–Trinajstić information content (AvgIpc) is 2.59. The lowest BCUT2D eigenvalue weighted by Crippen LogP contribution is -2.41. The van der Waals surface area contributed by atoms with Crippen molar-refractivity contribution in [2.75, 3.05) is 13.1 Å². The molecule has 0 saturated carbocycles. The van der Waals surface area contributed by atoms with Crippen LogP contribution in [0.3, 0.4) is 0 Å². The highest BCUT2D eigenvalue weighted by Gasteiger charge is 2.19. The highest BCUT2D eigenvalue weighted by atomic mass is 35.5. The van der Waals surface area contributed by atoms with E-state index in [4.69, 9.17) is 23.2 Å². The monoisotopic (exact) mass is 362 g/mol. The Morgan fingerprint density at radius 3 is 2.29 bits per heavy atom. The quantitative estimate of drug-likeness (QED) is 0.799. The molecule has 1 aliphatic heterocycles. The Hall–Kier alpha value is -1.06. The molecule has 0 spiro atoms. The maximum absolute atomic E-state index is 6.10. The topological polar surface area (TPSA) is 15.3 Å². The second-order valence-corrected chi connectivity index (χ2v) is 7.48. The molecule has 1 fully saturated rings. The number of piperidine rings is 1. The van der Waals surface area contributed by atoms with E-state index in [0.717, 1.165) is 26.2 Å². The fraction of sp³-hybridized carbons (Fsp3) is 0.400. The Bertz CT molecular complexity index is 662. The van der Waals surface area contributed by atoms with Gasteiger partial charge in [0.2, 0.25) is 0 Å². The van der Waals surface area contributed by atoms with E-state index in [2.05, 4.69) is 47.5 Å². The van der Waals surface area contributed by atoms with E-state index in [0.29, 0.717) is 16.1 Å². The van der Waals surface area contributed by atoms with Gasteiger partial charge in [0.25, 0.3) is 0 Å². The van der Waals surface area contributed by atoms with Gasteiger partial charge in [-0.05, 0) is 56.1 Å². The molecule has 3 rings (SSSR count). The summed E-state index contributed by atoms with van der Waals surface area (Å²) in [6.07, 6.45) is 2.38. The Labute approximate surface area is 154 Å². The van der Waals surface area contributed by atoms with Crippen LogP contribution in [0.1, 0.15) is 29.5 Å². The second-order valence-electron chi connectivity index (χ2n) is 6.67. The Morgan fingerprint density at radius 2 is 1.62 bits per heavy atom. The van der Waals surface area contributed by atoms with Crippen LogP contribution in [0.15, 0.2) is 42.5 Å². The van der Waals surface area contributed by atoms with Crippen molar-refractivity contribution in [2.45, 2.75) is 38.9 Å². The van der Waals surface area contributed by atoms with E-state index in [1.54, 1.807) is 0 Å². The van der Waals surface area contributed by atoms with E-state index in [-0.39, 0.29) is 0 Å². The standard InChI is InChI=1S/C20H24Cl2N2/c1-15-2-4-16(5-3-15)13-23-18-8-10-24(11-9-18)14-17-6-7-19(21)20(22)12-17/h2-7,12,18,23H,8-11,13-14H2,1H3. The average molecular weight is 363 g/mol. The molecule has 24 heavy (non-hydrogen) atoms. The molecule has 0 aliphatic carbocycles. The van der Waals surface area contributed by atoms with E-state index in [1.165, 1.54) is 29.5 Å². The second kappa shape index (κ2) is 8.35. The van der Waals surface area contributed by atoms with Crippen LogP contribution in [0.2, 0.25) is 10.0 Å².